The summed E-state index contributed by atoms with van der Waals surface area (Å²) < 4.78 is 0. The fraction of sp³-hybridized carbons (Fsp3) is 0.100. The third kappa shape index (κ3) is 2.91. The van der Waals surface area contributed by atoms with E-state index in [-0.39, 0.29) is 5.70 Å². The third-order valence-corrected chi connectivity index (χ3v) is 1.86. The van der Waals surface area contributed by atoms with E-state index in [1.165, 1.54) is 25.1 Å². The van der Waals surface area contributed by atoms with Crippen molar-refractivity contribution in [3.8, 4) is 0 Å². The molecule has 0 saturated heterocycles. The molecule has 0 atom stereocenters. The monoisotopic (exact) mass is 206 g/mol. The quantitative estimate of drug-likeness (QED) is 0.599. The number of hydrogen-bond acceptors (Lipinski definition) is 3. The molecule has 1 aromatic carbocycles. The van der Waals surface area contributed by atoms with Gasteiger partial charge in [-0.2, -0.15) is 0 Å². The molecule has 5 heteroatoms. The predicted molar refractivity (Wildman–Crippen MR) is 55.6 cm³/mol. The molecule has 0 bridgehead atoms. The highest BCUT2D eigenvalue weighted by molar-refractivity contribution is 5.92. The molecule has 78 valence electrons. The first-order valence-electron chi connectivity index (χ1n) is 4.23. The smallest absolute Gasteiger partial charge is 0.248 e. The molecule has 5 nitrogen and oxygen atoms in total. The molecule has 0 radical (unpaired) electrons. The number of nitrogens with zero attached hydrogens (tertiary/aromatic N) is 1. The molecule has 0 spiro atoms. The van der Waals surface area contributed by atoms with Crippen LogP contribution < -0.4 is 5.73 Å². The van der Waals surface area contributed by atoms with Gasteiger partial charge < -0.3 is 5.73 Å². The Kier molecular flexibility index (Phi) is 3.17. The zero-order chi connectivity index (χ0) is 11.4. The van der Waals surface area contributed by atoms with Crippen LogP contribution in [-0.2, 0) is 0 Å². The average Bonchev–Trinajstić information content (AvgIpc) is 2.18. The van der Waals surface area contributed by atoms with Gasteiger partial charge >= 0.3 is 0 Å². The van der Waals surface area contributed by atoms with Gasteiger partial charge in [0.1, 0.15) is 0 Å². The third-order valence-electron chi connectivity index (χ3n) is 1.86. The molecule has 15 heavy (non-hydrogen) atoms. The largest absolute Gasteiger partial charge is 0.366 e. The molecule has 1 amide bonds. The second kappa shape index (κ2) is 4.36. The lowest BCUT2D eigenvalue weighted by molar-refractivity contribution is -0.422. The van der Waals surface area contributed by atoms with Crippen LogP contribution in [0, 0.1) is 10.1 Å². The van der Waals surface area contributed by atoms with Crippen molar-refractivity contribution in [2.75, 3.05) is 0 Å². The van der Waals surface area contributed by atoms with Crippen molar-refractivity contribution in [2.24, 2.45) is 5.73 Å². The molecule has 0 aromatic heterocycles. The van der Waals surface area contributed by atoms with Crippen LogP contribution >= 0.6 is 0 Å². The van der Waals surface area contributed by atoms with E-state index in [9.17, 15) is 14.9 Å². The number of nitrogens with two attached hydrogens (primary N) is 1. The molecular formula is C10H10N2O3. The van der Waals surface area contributed by atoms with E-state index in [0.717, 1.165) is 0 Å². The van der Waals surface area contributed by atoms with E-state index in [4.69, 9.17) is 5.73 Å². The molecule has 2 N–H and O–H groups in total. The van der Waals surface area contributed by atoms with Crippen molar-refractivity contribution in [3.63, 3.8) is 0 Å². The van der Waals surface area contributed by atoms with E-state index >= 15 is 0 Å². The Morgan fingerprint density at radius 2 is 1.93 bits per heavy atom. The molecule has 0 heterocycles. The Labute approximate surface area is 86.4 Å². The normalized spacial score (nSPS) is 11.1. The minimum Gasteiger partial charge on any atom is -0.366 e. The average molecular weight is 206 g/mol. The highest BCUT2D eigenvalue weighted by Crippen LogP contribution is 2.08. The van der Waals surface area contributed by atoms with Crippen LogP contribution in [0.3, 0.4) is 0 Å². The molecule has 0 aliphatic carbocycles. The molecular weight excluding hydrogens is 196 g/mol. The Balaban J connectivity index is 2.95. The number of carbonyl (C=O) groups excluding carboxylic acids is 1. The molecule has 1 rings (SSSR count). The number of allylic oxidation sites excluding steroid dienone is 1. The Morgan fingerprint density at radius 3 is 2.33 bits per heavy atom. The number of benzene rings is 1. The maximum Gasteiger partial charge on any atom is 0.248 e. The molecule has 1 aromatic rings. The predicted octanol–water partition coefficient (Wildman–Crippen LogP) is 1.42. The minimum atomic E-state index is -0.517. The molecule has 0 saturated carbocycles. The summed E-state index contributed by atoms with van der Waals surface area (Å²) in [5.74, 6) is -0.517. The summed E-state index contributed by atoms with van der Waals surface area (Å²) in [6.07, 6.45) is 1.42. The first kappa shape index (κ1) is 10.9. The highest BCUT2D eigenvalue weighted by atomic mass is 16.6. The minimum absolute atomic E-state index is 0.0434. The summed E-state index contributed by atoms with van der Waals surface area (Å²) in [7, 11) is 0. The molecule has 0 aliphatic rings. The Morgan fingerprint density at radius 1 is 1.40 bits per heavy atom. The van der Waals surface area contributed by atoms with Gasteiger partial charge in [-0.15, -0.1) is 0 Å². The van der Waals surface area contributed by atoms with Crippen LogP contribution in [0.25, 0.3) is 6.08 Å². The van der Waals surface area contributed by atoms with Crippen molar-refractivity contribution in [2.45, 2.75) is 6.92 Å². The first-order valence-corrected chi connectivity index (χ1v) is 4.23. The van der Waals surface area contributed by atoms with Gasteiger partial charge in [0.25, 0.3) is 0 Å². The number of rotatable bonds is 3. The van der Waals surface area contributed by atoms with Crippen molar-refractivity contribution in [3.05, 3.63) is 51.2 Å². The Bertz CT molecular complexity index is 421. The number of primary amides is 1. The zero-order valence-corrected chi connectivity index (χ0v) is 8.14. The van der Waals surface area contributed by atoms with Crippen molar-refractivity contribution < 1.29 is 9.72 Å². The summed E-state index contributed by atoms with van der Waals surface area (Å²) in [5, 5.41) is 10.3. The summed E-state index contributed by atoms with van der Waals surface area (Å²) in [6.45, 7) is 1.40. The van der Waals surface area contributed by atoms with Crippen LogP contribution in [0.1, 0.15) is 22.8 Å². The number of carbonyl (C=O) groups is 1. The van der Waals surface area contributed by atoms with E-state index in [2.05, 4.69) is 0 Å². The summed E-state index contributed by atoms with van der Waals surface area (Å²) in [4.78, 5) is 20.6. The lowest BCUT2D eigenvalue weighted by Gasteiger charge is -1.96. The van der Waals surface area contributed by atoms with Crippen LogP contribution in [0.2, 0.25) is 0 Å². The van der Waals surface area contributed by atoms with Gasteiger partial charge in [0.15, 0.2) is 0 Å². The number of amides is 1. The highest BCUT2D eigenvalue weighted by Gasteiger charge is 2.03. The van der Waals surface area contributed by atoms with Gasteiger partial charge in [-0.05, 0) is 17.7 Å². The van der Waals surface area contributed by atoms with Crippen molar-refractivity contribution in [1.29, 1.82) is 0 Å². The van der Waals surface area contributed by atoms with Crippen LogP contribution in [0.5, 0.6) is 0 Å². The molecule has 0 fully saturated rings. The van der Waals surface area contributed by atoms with E-state index < -0.39 is 10.8 Å². The topological polar surface area (TPSA) is 86.2 Å². The van der Waals surface area contributed by atoms with Gasteiger partial charge in [0, 0.05) is 18.6 Å². The van der Waals surface area contributed by atoms with E-state index in [1.54, 1.807) is 12.1 Å². The lowest BCUT2D eigenvalue weighted by Crippen LogP contribution is -2.10. The second-order valence-corrected chi connectivity index (χ2v) is 3.03. The molecule has 0 unspecified atom stereocenters. The van der Waals surface area contributed by atoms with E-state index in [0.29, 0.717) is 11.1 Å². The number of nitro groups is 1. The van der Waals surface area contributed by atoms with E-state index in [1.807, 2.05) is 0 Å². The van der Waals surface area contributed by atoms with Crippen LogP contribution in [-0.4, -0.2) is 10.8 Å². The standard InChI is InChI=1S/C10H10N2O3/c1-7(12(14)15)6-8-2-4-9(5-3-8)10(11)13/h2-6H,1H3,(H2,11,13)/b7-6-. The van der Waals surface area contributed by atoms with Gasteiger partial charge in [0.2, 0.25) is 11.6 Å². The summed E-state index contributed by atoms with van der Waals surface area (Å²) >= 11 is 0. The van der Waals surface area contributed by atoms with Crippen molar-refractivity contribution >= 4 is 12.0 Å². The van der Waals surface area contributed by atoms with Gasteiger partial charge in [0.05, 0.1) is 4.92 Å². The molecule has 0 aliphatic heterocycles. The van der Waals surface area contributed by atoms with Crippen LogP contribution in [0.15, 0.2) is 30.0 Å². The summed E-state index contributed by atoms with van der Waals surface area (Å²) in [5.41, 5.74) is 6.14. The van der Waals surface area contributed by atoms with Crippen molar-refractivity contribution in [1.82, 2.24) is 0 Å². The zero-order valence-electron chi connectivity index (χ0n) is 8.14. The number of hydrogen-bond donors (Lipinski definition) is 1. The maximum absolute atomic E-state index is 10.7. The summed E-state index contributed by atoms with van der Waals surface area (Å²) in [6, 6.07) is 6.27. The van der Waals surface area contributed by atoms with Gasteiger partial charge in [-0.1, -0.05) is 12.1 Å². The second-order valence-electron chi connectivity index (χ2n) is 3.03. The van der Waals surface area contributed by atoms with Gasteiger partial charge in [-0.3, -0.25) is 14.9 Å². The Hall–Kier alpha value is -2.17. The first-order chi connectivity index (χ1) is 7.00. The maximum atomic E-state index is 10.7. The van der Waals surface area contributed by atoms with Crippen LogP contribution in [0.4, 0.5) is 0 Å². The fourth-order valence-electron chi connectivity index (χ4n) is 1.04. The SMILES string of the molecule is C/C(=C/c1ccc(C(N)=O)cc1)[N+](=O)[O-]. The fourth-order valence-corrected chi connectivity index (χ4v) is 1.04. The lowest BCUT2D eigenvalue weighted by atomic mass is 10.1. The van der Waals surface area contributed by atoms with Gasteiger partial charge in [-0.25, -0.2) is 0 Å².